The van der Waals surface area contributed by atoms with Gasteiger partial charge in [0.15, 0.2) is 0 Å². The molecule has 1 saturated heterocycles. The number of piperidine rings is 1. The molecular formula is C10H17F2NO3. The molecule has 1 fully saturated rings. The van der Waals surface area contributed by atoms with Crippen molar-refractivity contribution in [3.05, 3.63) is 0 Å². The second-order valence-corrected chi connectivity index (χ2v) is 4.20. The summed E-state index contributed by atoms with van der Waals surface area (Å²) < 4.78 is 32.3. The lowest BCUT2D eigenvalue weighted by Gasteiger charge is -2.38. The zero-order valence-electron chi connectivity index (χ0n) is 9.45. The number of amides is 1. The van der Waals surface area contributed by atoms with Gasteiger partial charge in [0.1, 0.15) is 12.7 Å². The molecule has 1 atom stereocenters. The van der Waals surface area contributed by atoms with E-state index in [0.717, 1.165) is 4.90 Å². The predicted octanol–water partition coefficient (Wildman–Crippen LogP) is 0.640. The van der Waals surface area contributed by atoms with Crippen molar-refractivity contribution in [1.82, 2.24) is 4.90 Å². The van der Waals surface area contributed by atoms with Gasteiger partial charge >= 0.3 is 0 Å². The third-order valence-electron chi connectivity index (χ3n) is 2.46. The second kappa shape index (κ2) is 5.05. The van der Waals surface area contributed by atoms with Crippen molar-refractivity contribution in [2.45, 2.75) is 38.4 Å². The normalized spacial score (nSPS) is 24.9. The van der Waals surface area contributed by atoms with Crippen LogP contribution in [0, 0.1) is 0 Å². The number of alkyl halides is 2. The molecule has 0 bridgehead atoms. The summed E-state index contributed by atoms with van der Waals surface area (Å²) in [6.07, 6.45) is -1.32. The SMILES string of the molecule is CC(C)OC1CCN(C(=O)CO)CC1(F)F. The molecule has 1 unspecified atom stereocenters. The van der Waals surface area contributed by atoms with E-state index < -0.39 is 31.1 Å². The lowest BCUT2D eigenvalue weighted by atomic mass is 10.0. The Morgan fingerprint density at radius 3 is 2.69 bits per heavy atom. The number of aliphatic hydroxyl groups excluding tert-OH is 1. The average Bonchev–Trinajstić information content (AvgIpc) is 2.19. The highest BCUT2D eigenvalue weighted by Gasteiger charge is 2.46. The minimum atomic E-state index is -3.05. The standard InChI is InChI=1S/C10H17F2NO3/c1-7(2)16-8-3-4-13(9(15)5-14)6-10(8,11)12/h7-8,14H,3-6H2,1-2H3. The number of carbonyl (C=O) groups is 1. The Balaban J connectivity index is 2.61. The molecule has 1 aliphatic rings. The molecule has 0 aromatic rings. The van der Waals surface area contributed by atoms with Crippen LogP contribution in [0.4, 0.5) is 8.78 Å². The van der Waals surface area contributed by atoms with E-state index in [0.29, 0.717) is 0 Å². The first-order valence-electron chi connectivity index (χ1n) is 5.28. The van der Waals surface area contributed by atoms with E-state index in [1.807, 2.05) is 0 Å². The molecule has 0 saturated carbocycles. The number of halogens is 2. The van der Waals surface area contributed by atoms with Crippen LogP contribution in [0.5, 0.6) is 0 Å². The van der Waals surface area contributed by atoms with Gasteiger partial charge in [-0.3, -0.25) is 4.79 Å². The molecule has 0 aromatic carbocycles. The number of ether oxygens (including phenoxy) is 1. The van der Waals surface area contributed by atoms with Gasteiger partial charge in [-0.05, 0) is 20.3 Å². The van der Waals surface area contributed by atoms with Gasteiger partial charge in [0.2, 0.25) is 5.91 Å². The number of carbonyl (C=O) groups excluding carboxylic acids is 1. The van der Waals surface area contributed by atoms with E-state index in [9.17, 15) is 13.6 Å². The van der Waals surface area contributed by atoms with E-state index in [1.165, 1.54) is 0 Å². The molecule has 4 nitrogen and oxygen atoms in total. The number of likely N-dealkylation sites (tertiary alicyclic amines) is 1. The van der Waals surface area contributed by atoms with Gasteiger partial charge < -0.3 is 14.7 Å². The molecule has 1 aliphatic heterocycles. The van der Waals surface area contributed by atoms with E-state index in [1.54, 1.807) is 13.8 Å². The van der Waals surface area contributed by atoms with Gasteiger partial charge in [-0.15, -0.1) is 0 Å². The fourth-order valence-electron chi connectivity index (χ4n) is 1.73. The Labute approximate surface area is 93.2 Å². The van der Waals surface area contributed by atoms with Crippen molar-refractivity contribution in [2.24, 2.45) is 0 Å². The van der Waals surface area contributed by atoms with Crippen molar-refractivity contribution >= 4 is 5.91 Å². The highest BCUT2D eigenvalue weighted by atomic mass is 19.3. The molecule has 1 amide bonds. The van der Waals surface area contributed by atoms with Gasteiger partial charge in [0.05, 0.1) is 12.6 Å². The lowest BCUT2D eigenvalue weighted by molar-refractivity contribution is -0.190. The lowest BCUT2D eigenvalue weighted by Crippen LogP contribution is -2.55. The third-order valence-corrected chi connectivity index (χ3v) is 2.46. The smallest absolute Gasteiger partial charge is 0.290 e. The summed E-state index contributed by atoms with van der Waals surface area (Å²) in [5.74, 6) is -3.71. The average molecular weight is 237 g/mol. The fraction of sp³-hybridized carbons (Fsp3) is 0.900. The summed E-state index contributed by atoms with van der Waals surface area (Å²) >= 11 is 0. The van der Waals surface area contributed by atoms with Crippen LogP contribution in [-0.4, -0.2) is 53.7 Å². The largest absolute Gasteiger partial charge is 0.387 e. The minimum Gasteiger partial charge on any atom is -0.387 e. The summed E-state index contributed by atoms with van der Waals surface area (Å²) in [6.45, 7) is 2.19. The second-order valence-electron chi connectivity index (χ2n) is 4.20. The Morgan fingerprint density at radius 2 is 2.25 bits per heavy atom. The molecule has 6 heteroatoms. The Bertz CT molecular complexity index is 258. The maximum absolute atomic E-state index is 13.6. The summed E-state index contributed by atoms with van der Waals surface area (Å²) in [6, 6.07) is 0. The Kier molecular flexibility index (Phi) is 4.21. The van der Waals surface area contributed by atoms with Crippen molar-refractivity contribution in [3.63, 3.8) is 0 Å². The third kappa shape index (κ3) is 3.12. The number of hydrogen-bond acceptors (Lipinski definition) is 3. The number of nitrogens with zero attached hydrogens (tertiary/aromatic N) is 1. The molecular weight excluding hydrogens is 220 g/mol. The minimum absolute atomic E-state index is 0.0942. The Morgan fingerprint density at radius 1 is 1.62 bits per heavy atom. The molecule has 0 aromatic heterocycles. The monoisotopic (exact) mass is 237 g/mol. The number of rotatable bonds is 3. The number of hydrogen-bond donors (Lipinski definition) is 1. The highest BCUT2D eigenvalue weighted by molar-refractivity contribution is 5.77. The Hall–Kier alpha value is -0.750. The molecule has 1 heterocycles. The van der Waals surface area contributed by atoms with Crippen LogP contribution >= 0.6 is 0 Å². The topological polar surface area (TPSA) is 49.8 Å². The quantitative estimate of drug-likeness (QED) is 0.783. The van der Waals surface area contributed by atoms with Gasteiger partial charge in [0, 0.05) is 6.54 Å². The van der Waals surface area contributed by atoms with Crippen LogP contribution in [0.2, 0.25) is 0 Å². The van der Waals surface area contributed by atoms with Crippen LogP contribution in [-0.2, 0) is 9.53 Å². The highest BCUT2D eigenvalue weighted by Crippen LogP contribution is 2.30. The molecule has 16 heavy (non-hydrogen) atoms. The summed E-state index contributed by atoms with van der Waals surface area (Å²) in [7, 11) is 0. The molecule has 94 valence electrons. The van der Waals surface area contributed by atoms with Crippen LogP contribution < -0.4 is 0 Å². The van der Waals surface area contributed by atoms with Crippen molar-refractivity contribution in [2.75, 3.05) is 19.7 Å². The first kappa shape index (κ1) is 13.3. The van der Waals surface area contributed by atoms with Gasteiger partial charge in [-0.25, -0.2) is 8.78 Å². The van der Waals surface area contributed by atoms with Crippen molar-refractivity contribution in [3.8, 4) is 0 Å². The van der Waals surface area contributed by atoms with Crippen LogP contribution in [0.3, 0.4) is 0 Å². The van der Waals surface area contributed by atoms with Gasteiger partial charge in [-0.2, -0.15) is 0 Å². The molecule has 0 aliphatic carbocycles. The first-order valence-corrected chi connectivity index (χ1v) is 5.28. The maximum atomic E-state index is 13.6. The maximum Gasteiger partial charge on any atom is 0.290 e. The predicted molar refractivity (Wildman–Crippen MR) is 53.2 cm³/mol. The summed E-state index contributed by atoms with van der Waals surface area (Å²) in [4.78, 5) is 12.1. The van der Waals surface area contributed by atoms with Crippen LogP contribution in [0.1, 0.15) is 20.3 Å². The van der Waals surface area contributed by atoms with E-state index >= 15 is 0 Å². The van der Waals surface area contributed by atoms with E-state index in [2.05, 4.69) is 0 Å². The first-order chi connectivity index (χ1) is 7.36. The zero-order valence-corrected chi connectivity index (χ0v) is 9.45. The van der Waals surface area contributed by atoms with E-state index in [-0.39, 0.29) is 19.1 Å². The van der Waals surface area contributed by atoms with Crippen LogP contribution in [0.25, 0.3) is 0 Å². The van der Waals surface area contributed by atoms with Gasteiger partial charge in [0.25, 0.3) is 5.92 Å². The van der Waals surface area contributed by atoms with E-state index in [4.69, 9.17) is 9.84 Å². The van der Waals surface area contributed by atoms with Crippen LogP contribution in [0.15, 0.2) is 0 Å². The fourth-order valence-corrected chi connectivity index (χ4v) is 1.73. The molecule has 0 radical (unpaired) electrons. The molecule has 1 rings (SSSR count). The molecule has 0 spiro atoms. The van der Waals surface area contributed by atoms with Gasteiger partial charge in [-0.1, -0.05) is 0 Å². The summed E-state index contributed by atoms with van der Waals surface area (Å²) in [5.41, 5.74) is 0. The molecule has 1 N–H and O–H groups in total. The number of aliphatic hydroxyl groups is 1. The van der Waals surface area contributed by atoms with Crippen molar-refractivity contribution in [1.29, 1.82) is 0 Å². The van der Waals surface area contributed by atoms with Crippen molar-refractivity contribution < 1.29 is 23.4 Å². The zero-order chi connectivity index (χ0) is 12.3. The summed E-state index contributed by atoms with van der Waals surface area (Å²) in [5, 5.41) is 8.60.